The van der Waals surface area contributed by atoms with E-state index in [1.807, 2.05) is 26.8 Å². The first-order valence-electron chi connectivity index (χ1n) is 4.67. The van der Waals surface area contributed by atoms with Crippen LogP contribution in [0.1, 0.15) is 41.0 Å². The minimum absolute atomic E-state index is 0.192. The van der Waals surface area contributed by atoms with Crippen LogP contribution in [-0.2, 0) is 11.0 Å². The molecule has 0 radical (unpaired) electrons. The molecule has 1 atom stereocenters. The molecule has 2 nitrogen and oxygen atoms in total. The quantitative estimate of drug-likeness (QED) is 0.747. The van der Waals surface area contributed by atoms with Crippen molar-refractivity contribution in [3.63, 3.8) is 0 Å². The van der Waals surface area contributed by atoms with Gasteiger partial charge in [-0.1, -0.05) is 19.9 Å². The Kier molecular flexibility index (Phi) is 5.30. The minimum atomic E-state index is -0.989. The zero-order chi connectivity index (χ0) is 10.5. The molecule has 0 spiro atoms. The molecule has 0 rings (SSSR count). The second-order valence-corrected chi connectivity index (χ2v) is 6.53. The third-order valence-electron chi connectivity index (χ3n) is 1.46. The van der Waals surface area contributed by atoms with Crippen LogP contribution in [0.5, 0.6) is 0 Å². The minimum Gasteiger partial charge on any atom is -0.312 e. The van der Waals surface area contributed by atoms with Gasteiger partial charge in [0.2, 0.25) is 0 Å². The summed E-state index contributed by atoms with van der Waals surface area (Å²) >= 11 is 0. The topological polar surface area (TPSA) is 29.1 Å². The lowest BCUT2D eigenvalue weighted by molar-refractivity contribution is 0.642. The molecule has 3 heteroatoms. The summed E-state index contributed by atoms with van der Waals surface area (Å²) in [5, 5.41) is 0. The van der Waals surface area contributed by atoms with Crippen LogP contribution in [0.4, 0.5) is 0 Å². The van der Waals surface area contributed by atoms with Gasteiger partial charge in [0.1, 0.15) is 11.0 Å². The summed E-state index contributed by atoms with van der Waals surface area (Å²) in [5.41, 5.74) is 0. The summed E-state index contributed by atoms with van der Waals surface area (Å²) in [6, 6.07) is 0. The van der Waals surface area contributed by atoms with Crippen LogP contribution in [0.3, 0.4) is 0 Å². The van der Waals surface area contributed by atoms with E-state index >= 15 is 0 Å². The predicted octanol–water partition coefficient (Wildman–Crippen LogP) is 2.60. The van der Waals surface area contributed by atoms with E-state index in [4.69, 9.17) is 0 Å². The van der Waals surface area contributed by atoms with E-state index in [2.05, 4.69) is 18.6 Å². The molecule has 1 N–H and O–H groups in total. The molecular formula is C10H21NOS. The molecule has 0 fully saturated rings. The Bertz CT molecular complexity index is 192. The van der Waals surface area contributed by atoms with Gasteiger partial charge < -0.3 is 4.72 Å². The number of rotatable bonds is 4. The summed E-state index contributed by atoms with van der Waals surface area (Å²) in [6.07, 6.45) is 4.84. The maximum Gasteiger partial charge on any atom is 0.122 e. The number of allylic oxidation sites excluding steroid dienone is 1. The van der Waals surface area contributed by atoms with Gasteiger partial charge in [-0.25, -0.2) is 4.21 Å². The summed E-state index contributed by atoms with van der Waals surface area (Å²) < 4.78 is 14.1. The van der Waals surface area contributed by atoms with Crippen LogP contribution in [0, 0.1) is 5.92 Å². The Labute approximate surface area is 84.4 Å². The molecule has 13 heavy (non-hydrogen) atoms. The highest BCUT2D eigenvalue weighted by molar-refractivity contribution is 7.84. The first kappa shape index (κ1) is 12.7. The molecule has 0 aromatic rings. The van der Waals surface area contributed by atoms with Gasteiger partial charge in [0.15, 0.2) is 0 Å². The molecule has 0 aliphatic heterocycles. The van der Waals surface area contributed by atoms with Crippen molar-refractivity contribution in [3.05, 3.63) is 12.3 Å². The summed E-state index contributed by atoms with van der Waals surface area (Å²) in [6.45, 7) is 10.2. The van der Waals surface area contributed by atoms with E-state index in [0.717, 1.165) is 6.42 Å². The molecule has 0 saturated heterocycles. The van der Waals surface area contributed by atoms with Gasteiger partial charge >= 0.3 is 0 Å². The SMILES string of the molecule is CC(C)CC=CNS(=O)C(C)(C)C. The van der Waals surface area contributed by atoms with Gasteiger partial charge in [-0.3, -0.25) is 0 Å². The smallest absolute Gasteiger partial charge is 0.122 e. The molecule has 0 aliphatic carbocycles. The van der Waals surface area contributed by atoms with Crippen LogP contribution in [0.25, 0.3) is 0 Å². The predicted molar refractivity (Wildman–Crippen MR) is 59.6 cm³/mol. The molecule has 0 bridgehead atoms. The van der Waals surface area contributed by atoms with Gasteiger partial charge in [-0.15, -0.1) is 0 Å². The maximum absolute atomic E-state index is 11.5. The molecule has 0 amide bonds. The van der Waals surface area contributed by atoms with Crippen molar-refractivity contribution in [2.24, 2.45) is 5.92 Å². The monoisotopic (exact) mass is 203 g/mol. The molecule has 0 saturated carbocycles. The summed E-state index contributed by atoms with van der Waals surface area (Å²) in [7, 11) is -0.989. The molecule has 78 valence electrons. The van der Waals surface area contributed by atoms with Gasteiger partial charge in [0, 0.05) is 6.20 Å². The fourth-order valence-electron chi connectivity index (χ4n) is 0.627. The van der Waals surface area contributed by atoms with Crippen LogP contribution in [-0.4, -0.2) is 8.96 Å². The third-order valence-corrected chi connectivity index (χ3v) is 2.92. The molecular weight excluding hydrogens is 182 g/mol. The second kappa shape index (κ2) is 5.43. The normalized spacial score (nSPS) is 15.2. The van der Waals surface area contributed by atoms with Crippen molar-refractivity contribution >= 4 is 11.0 Å². The summed E-state index contributed by atoms with van der Waals surface area (Å²) in [5.74, 6) is 0.654. The highest BCUT2D eigenvalue weighted by atomic mass is 32.2. The Morgan fingerprint density at radius 1 is 1.38 bits per heavy atom. The second-order valence-electron chi connectivity index (χ2n) is 4.53. The Morgan fingerprint density at radius 2 is 1.92 bits per heavy atom. The van der Waals surface area contributed by atoms with E-state index in [-0.39, 0.29) is 4.75 Å². The van der Waals surface area contributed by atoms with E-state index in [1.54, 1.807) is 6.20 Å². The van der Waals surface area contributed by atoms with Crippen LogP contribution >= 0.6 is 0 Å². The van der Waals surface area contributed by atoms with Crippen molar-refractivity contribution in [2.45, 2.75) is 45.8 Å². The van der Waals surface area contributed by atoms with Crippen LogP contribution in [0.15, 0.2) is 12.3 Å². The highest BCUT2D eigenvalue weighted by Gasteiger charge is 2.17. The van der Waals surface area contributed by atoms with Crippen molar-refractivity contribution < 1.29 is 4.21 Å². The lowest BCUT2D eigenvalue weighted by Gasteiger charge is -2.16. The van der Waals surface area contributed by atoms with Gasteiger partial charge in [-0.2, -0.15) is 0 Å². The lowest BCUT2D eigenvalue weighted by Crippen LogP contribution is -2.30. The molecule has 0 aromatic heterocycles. The third kappa shape index (κ3) is 6.82. The maximum atomic E-state index is 11.5. The van der Waals surface area contributed by atoms with Crippen LogP contribution < -0.4 is 4.72 Å². The fraction of sp³-hybridized carbons (Fsp3) is 0.800. The van der Waals surface area contributed by atoms with Crippen molar-refractivity contribution in [3.8, 4) is 0 Å². The van der Waals surface area contributed by atoms with Crippen molar-refractivity contribution in [1.29, 1.82) is 0 Å². The molecule has 0 heterocycles. The zero-order valence-corrected chi connectivity index (χ0v) is 10.1. The Morgan fingerprint density at radius 3 is 2.31 bits per heavy atom. The number of hydrogen-bond acceptors (Lipinski definition) is 1. The Balaban J connectivity index is 3.77. The van der Waals surface area contributed by atoms with E-state index in [0.29, 0.717) is 5.92 Å². The van der Waals surface area contributed by atoms with Gasteiger partial charge in [0.25, 0.3) is 0 Å². The van der Waals surface area contributed by atoms with Gasteiger partial charge in [-0.05, 0) is 33.1 Å². The first-order chi connectivity index (χ1) is 5.84. The van der Waals surface area contributed by atoms with Crippen molar-refractivity contribution in [2.75, 3.05) is 0 Å². The highest BCUT2D eigenvalue weighted by Crippen LogP contribution is 2.08. The lowest BCUT2D eigenvalue weighted by atomic mass is 10.1. The van der Waals surface area contributed by atoms with E-state index in [9.17, 15) is 4.21 Å². The largest absolute Gasteiger partial charge is 0.312 e. The van der Waals surface area contributed by atoms with Crippen LogP contribution in [0.2, 0.25) is 0 Å². The Hall–Kier alpha value is -0.310. The van der Waals surface area contributed by atoms with E-state index < -0.39 is 11.0 Å². The standard InChI is InChI=1S/C10H21NOS/c1-9(2)7-6-8-11-13(12)10(3,4)5/h6,8-9,11H,7H2,1-5H3. The van der Waals surface area contributed by atoms with Crippen molar-refractivity contribution in [1.82, 2.24) is 4.72 Å². The van der Waals surface area contributed by atoms with Gasteiger partial charge in [0.05, 0.1) is 4.75 Å². The van der Waals surface area contributed by atoms with E-state index in [1.165, 1.54) is 0 Å². The number of nitrogens with one attached hydrogen (secondary N) is 1. The average molecular weight is 203 g/mol. The average Bonchev–Trinajstić information content (AvgIpc) is 1.95. The molecule has 0 aliphatic rings. The number of hydrogen-bond donors (Lipinski definition) is 1. The first-order valence-corrected chi connectivity index (χ1v) is 5.82. The molecule has 0 aromatic carbocycles. The molecule has 1 unspecified atom stereocenters. The fourth-order valence-corrected chi connectivity index (χ4v) is 1.20. The zero-order valence-electron chi connectivity index (χ0n) is 9.26. The summed E-state index contributed by atoms with van der Waals surface area (Å²) in [4.78, 5) is 0.